The molecule has 0 aromatic heterocycles. The maximum absolute atomic E-state index is 16.7. The van der Waals surface area contributed by atoms with Crippen molar-refractivity contribution in [1.29, 1.82) is 0 Å². The minimum atomic E-state index is -3.55. The van der Waals surface area contributed by atoms with Crippen molar-refractivity contribution in [2.24, 2.45) is 5.92 Å². The van der Waals surface area contributed by atoms with Gasteiger partial charge in [0.15, 0.2) is 5.60 Å². The predicted octanol–water partition coefficient (Wildman–Crippen LogP) is 8.36. The van der Waals surface area contributed by atoms with Crippen LogP contribution in [0.15, 0.2) is 42.5 Å². The van der Waals surface area contributed by atoms with Crippen molar-refractivity contribution in [2.45, 2.75) is 103 Å². The summed E-state index contributed by atoms with van der Waals surface area (Å²) in [5.41, 5.74) is -0.770. The maximum atomic E-state index is 16.7. The molecule has 0 aliphatic heterocycles. The fourth-order valence-electron chi connectivity index (χ4n) is 5.46. The summed E-state index contributed by atoms with van der Waals surface area (Å²) in [5, 5.41) is 12.5. The highest BCUT2D eigenvalue weighted by Crippen LogP contribution is 2.53. The third kappa shape index (κ3) is 8.66. The van der Waals surface area contributed by atoms with Gasteiger partial charge in [-0.1, -0.05) is 75.9 Å². The second kappa shape index (κ2) is 16.9. The van der Waals surface area contributed by atoms with Crippen LogP contribution in [-0.2, 0) is 26.2 Å². The first-order valence-electron chi connectivity index (χ1n) is 15.6. The molecular formula is C34H49ClF2O5. The summed E-state index contributed by atoms with van der Waals surface area (Å²) in [6, 6.07) is 12.3. The number of benzene rings is 2. The van der Waals surface area contributed by atoms with E-state index in [4.69, 9.17) is 30.5 Å². The van der Waals surface area contributed by atoms with E-state index >= 15 is 8.78 Å². The smallest absolute Gasteiger partial charge is 0.287 e. The Morgan fingerprint density at radius 1 is 0.881 bits per heavy atom. The number of aliphatic hydroxyl groups is 1. The summed E-state index contributed by atoms with van der Waals surface area (Å²) in [5.74, 6) is -4.18. The molecule has 1 aliphatic carbocycles. The fourth-order valence-corrected chi connectivity index (χ4v) is 5.64. The minimum Gasteiger partial charge on any atom is -0.494 e. The van der Waals surface area contributed by atoms with Crippen LogP contribution in [0.25, 0.3) is 0 Å². The molecule has 0 bridgehead atoms. The Hall–Kier alpha value is -1.77. The Labute approximate surface area is 255 Å². The van der Waals surface area contributed by atoms with Gasteiger partial charge >= 0.3 is 0 Å². The second-order valence-corrected chi connectivity index (χ2v) is 11.6. The predicted molar refractivity (Wildman–Crippen MR) is 164 cm³/mol. The molecule has 8 heteroatoms. The minimum absolute atomic E-state index is 0.118. The molecule has 0 unspecified atom stereocenters. The van der Waals surface area contributed by atoms with Crippen molar-refractivity contribution in [2.75, 3.05) is 33.0 Å². The van der Waals surface area contributed by atoms with Crippen LogP contribution in [0.3, 0.4) is 0 Å². The second-order valence-electron chi connectivity index (χ2n) is 11.2. The van der Waals surface area contributed by atoms with Crippen LogP contribution < -0.4 is 4.74 Å². The van der Waals surface area contributed by atoms with Gasteiger partial charge in [-0.05, 0) is 67.5 Å². The van der Waals surface area contributed by atoms with Gasteiger partial charge in [0.2, 0.25) is 0 Å². The number of ether oxygens (including phenoxy) is 4. The highest BCUT2D eigenvalue weighted by Gasteiger charge is 2.66. The molecule has 4 atom stereocenters. The van der Waals surface area contributed by atoms with Crippen LogP contribution in [0, 0.1) is 5.92 Å². The summed E-state index contributed by atoms with van der Waals surface area (Å²) in [4.78, 5) is 0. The Morgan fingerprint density at radius 2 is 1.52 bits per heavy atom. The van der Waals surface area contributed by atoms with Crippen LogP contribution in [-0.4, -0.2) is 56.3 Å². The summed E-state index contributed by atoms with van der Waals surface area (Å²) < 4.78 is 57.0. The highest BCUT2D eigenvalue weighted by molar-refractivity contribution is 6.31. The van der Waals surface area contributed by atoms with Gasteiger partial charge in [0.1, 0.15) is 5.75 Å². The maximum Gasteiger partial charge on any atom is 0.287 e. The molecule has 0 saturated heterocycles. The standard InChI is InChI=1S/C34H49ClF2O5/c1-5-9-18-39-24-29-32(42-20-11-7-3)31(41-19-10-6-2)23-33(38,34(29,36)37)27-14-17-30(35)26(22-27)21-25-12-15-28(16-13-25)40-8-4/h12-17,22,29,31-32,38H,5-11,18-21,23-24H2,1-4H3/t29-,31-,32-,33-/m1/s1. The lowest BCUT2D eigenvalue weighted by molar-refractivity contribution is -0.302. The number of alkyl halides is 2. The average Bonchev–Trinajstić information content (AvgIpc) is 2.97. The molecule has 1 aliphatic rings. The summed E-state index contributed by atoms with van der Waals surface area (Å²) >= 11 is 6.56. The molecule has 5 nitrogen and oxygen atoms in total. The molecular weight excluding hydrogens is 562 g/mol. The van der Waals surface area contributed by atoms with Gasteiger partial charge in [-0.15, -0.1) is 0 Å². The van der Waals surface area contributed by atoms with E-state index < -0.39 is 29.6 Å². The lowest BCUT2D eigenvalue weighted by Crippen LogP contribution is -2.64. The molecule has 0 heterocycles. The molecule has 0 radical (unpaired) electrons. The topological polar surface area (TPSA) is 57.2 Å². The molecule has 1 saturated carbocycles. The van der Waals surface area contributed by atoms with Gasteiger partial charge in [-0.25, -0.2) is 8.78 Å². The van der Waals surface area contributed by atoms with Crippen LogP contribution in [0.1, 0.15) is 89.3 Å². The van der Waals surface area contributed by atoms with Crippen LogP contribution in [0.4, 0.5) is 8.78 Å². The van der Waals surface area contributed by atoms with E-state index in [1.54, 1.807) is 12.1 Å². The van der Waals surface area contributed by atoms with Gasteiger partial charge in [0, 0.05) is 31.3 Å². The Balaban J connectivity index is 1.98. The molecule has 0 spiro atoms. The number of unbranched alkanes of at least 4 members (excludes halogenated alkanes) is 3. The first kappa shape index (κ1) is 34.7. The van der Waals surface area contributed by atoms with E-state index in [0.717, 1.165) is 49.8 Å². The first-order chi connectivity index (χ1) is 20.2. The van der Waals surface area contributed by atoms with Crippen LogP contribution in [0.5, 0.6) is 5.75 Å². The lowest BCUT2D eigenvalue weighted by atomic mass is 9.68. The molecule has 1 N–H and O–H groups in total. The molecule has 42 heavy (non-hydrogen) atoms. The number of rotatable bonds is 18. The van der Waals surface area contributed by atoms with Crippen molar-refractivity contribution < 1.29 is 32.8 Å². The first-order valence-corrected chi connectivity index (χ1v) is 16.0. The van der Waals surface area contributed by atoms with E-state index in [1.165, 1.54) is 6.07 Å². The van der Waals surface area contributed by atoms with E-state index in [1.807, 2.05) is 52.0 Å². The van der Waals surface area contributed by atoms with Crippen LogP contribution >= 0.6 is 11.6 Å². The largest absolute Gasteiger partial charge is 0.494 e. The van der Waals surface area contributed by atoms with Crippen molar-refractivity contribution >= 4 is 11.6 Å². The van der Waals surface area contributed by atoms with Crippen molar-refractivity contribution in [3.05, 3.63) is 64.2 Å². The van der Waals surface area contributed by atoms with Crippen molar-refractivity contribution in [3.63, 3.8) is 0 Å². The van der Waals surface area contributed by atoms with E-state index in [9.17, 15) is 5.11 Å². The van der Waals surface area contributed by atoms with Gasteiger partial charge in [-0.2, -0.15) is 0 Å². The third-order valence-electron chi connectivity index (χ3n) is 8.01. The molecule has 236 valence electrons. The van der Waals surface area contributed by atoms with E-state index in [0.29, 0.717) is 43.4 Å². The zero-order valence-electron chi connectivity index (χ0n) is 25.7. The average molecular weight is 611 g/mol. The van der Waals surface area contributed by atoms with E-state index in [2.05, 4.69) is 0 Å². The summed E-state index contributed by atoms with van der Waals surface area (Å²) in [6.45, 7) is 9.49. The highest BCUT2D eigenvalue weighted by atomic mass is 35.5. The normalized spacial score (nSPS) is 23.7. The fraction of sp³-hybridized carbons (Fsp3) is 0.647. The Bertz CT molecular complexity index is 1070. The van der Waals surface area contributed by atoms with Gasteiger partial charge in [-0.3, -0.25) is 0 Å². The Morgan fingerprint density at radius 3 is 2.17 bits per heavy atom. The van der Waals surface area contributed by atoms with Gasteiger partial charge in [0.25, 0.3) is 5.92 Å². The molecule has 2 aromatic carbocycles. The molecule has 2 aromatic rings. The SMILES string of the molecule is CCCCOC[C@@H]1[C@@H](OCCCC)[C@H](OCCCC)C[C@@](O)(c2ccc(Cl)c(Cc3ccc(OCC)cc3)c2)C1(F)F. The number of halogens is 3. The van der Waals surface area contributed by atoms with E-state index in [-0.39, 0.29) is 18.6 Å². The summed E-state index contributed by atoms with van der Waals surface area (Å²) in [6.07, 6.45) is 3.50. The van der Waals surface area contributed by atoms with Gasteiger partial charge in [0.05, 0.1) is 31.3 Å². The molecule has 3 rings (SSSR count). The molecule has 0 amide bonds. The number of hydrogen-bond donors (Lipinski definition) is 1. The van der Waals surface area contributed by atoms with Crippen LogP contribution in [0.2, 0.25) is 5.02 Å². The summed E-state index contributed by atoms with van der Waals surface area (Å²) in [7, 11) is 0. The monoisotopic (exact) mass is 610 g/mol. The number of hydrogen-bond acceptors (Lipinski definition) is 5. The van der Waals surface area contributed by atoms with Gasteiger partial charge < -0.3 is 24.1 Å². The van der Waals surface area contributed by atoms with Crippen molar-refractivity contribution in [3.8, 4) is 5.75 Å². The Kier molecular flexibility index (Phi) is 14.0. The quantitative estimate of drug-likeness (QED) is 0.172. The van der Waals surface area contributed by atoms with Crippen molar-refractivity contribution in [1.82, 2.24) is 0 Å². The lowest BCUT2D eigenvalue weighted by Gasteiger charge is -2.51. The zero-order valence-corrected chi connectivity index (χ0v) is 26.4. The third-order valence-corrected chi connectivity index (χ3v) is 8.38. The zero-order chi connectivity index (χ0) is 30.6. The molecule has 1 fully saturated rings.